The Hall–Kier alpha value is -1.06. The zero-order chi connectivity index (χ0) is 9.26. The normalized spacial score (nSPS) is 20.3. The Morgan fingerprint density at radius 2 is 2.46 bits per heavy atom. The third-order valence-electron chi connectivity index (χ3n) is 2.43. The first-order chi connectivity index (χ1) is 6.31. The molecule has 1 heterocycles. The molecule has 0 spiro atoms. The molecule has 1 atom stereocenters. The third-order valence-corrected chi connectivity index (χ3v) is 2.43. The molecule has 1 aromatic heterocycles. The molecule has 0 fully saturated rings. The monoisotopic (exact) mass is 178 g/mol. The summed E-state index contributed by atoms with van der Waals surface area (Å²) in [5.41, 5.74) is 9.07. The van der Waals surface area contributed by atoms with E-state index in [1.165, 1.54) is 11.1 Å². The molecule has 3 heteroatoms. The van der Waals surface area contributed by atoms with Crippen LogP contribution in [0.2, 0.25) is 0 Å². The molecule has 4 N–H and O–H groups in total. The maximum absolute atomic E-state index is 9.44. The summed E-state index contributed by atoms with van der Waals surface area (Å²) in [4.78, 5) is 3.18. The van der Waals surface area contributed by atoms with Gasteiger partial charge in [0.25, 0.3) is 0 Å². The molecule has 1 unspecified atom stereocenters. The summed E-state index contributed by atoms with van der Waals surface area (Å²) in [6, 6.07) is 0. The number of aromatic nitrogens is 1. The van der Waals surface area contributed by atoms with Gasteiger partial charge in [0.15, 0.2) is 0 Å². The Kier molecular flexibility index (Phi) is 2.20. The van der Waals surface area contributed by atoms with Crippen molar-refractivity contribution in [3.05, 3.63) is 29.1 Å². The molecule has 0 aliphatic heterocycles. The quantitative estimate of drug-likeness (QED) is 0.615. The summed E-state index contributed by atoms with van der Waals surface area (Å²) >= 11 is 0. The number of rotatable bonds is 2. The highest BCUT2D eigenvalue weighted by molar-refractivity contribution is 5.56. The first-order valence-electron chi connectivity index (χ1n) is 4.56. The number of hydrogen-bond donors (Lipinski definition) is 3. The predicted octanol–water partition coefficient (Wildman–Crippen LogP) is 0.446. The second kappa shape index (κ2) is 3.36. The van der Waals surface area contributed by atoms with Crippen LogP contribution in [0.5, 0.6) is 0 Å². The second-order valence-electron chi connectivity index (χ2n) is 3.38. The number of aliphatic hydroxyl groups excluding tert-OH is 1. The molecular formula is C10H14N2O. The SMILES string of the molecule is NCCc1c[nH]c2c1CC(O)C=C2. The Morgan fingerprint density at radius 3 is 3.23 bits per heavy atom. The molecule has 0 saturated carbocycles. The molecule has 1 aromatic rings. The smallest absolute Gasteiger partial charge is 0.0765 e. The van der Waals surface area contributed by atoms with Gasteiger partial charge < -0.3 is 15.8 Å². The average molecular weight is 178 g/mol. The molecule has 0 amide bonds. The summed E-state index contributed by atoms with van der Waals surface area (Å²) in [5, 5.41) is 9.44. The Balaban J connectivity index is 2.32. The first kappa shape index (κ1) is 8.53. The summed E-state index contributed by atoms with van der Waals surface area (Å²) < 4.78 is 0. The van der Waals surface area contributed by atoms with Crippen molar-refractivity contribution in [1.29, 1.82) is 0 Å². The van der Waals surface area contributed by atoms with Gasteiger partial charge >= 0.3 is 0 Å². The van der Waals surface area contributed by atoms with Crippen LogP contribution >= 0.6 is 0 Å². The van der Waals surface area contributed by atoms with E-state index in [0.29, 0.717) is 13.0 Å². The molecule has 13 heavy (non-hydrogen) atoms. The van der Waals surface area contributed by atoms with Gasteiger partial charge in [0.05, 0.1) is 6.10 Å². The van der Waals surface area contributed by atoms with Crippen molar-refractivity contribution in [2.24, 2.45) is 5.73 Å². The van der Waals surface area contributed by atoms with Gasteiger partial charge in [0.1, 0.15) is 0 Å². The van der Waals surface area contributed by atoms with Crippen molar-refractivity contribution < 1.29 is 5.11 Å². The van der Waals surface area contributed by atoms with Gasteiger partial charge in [-0.25, -0.2) is 0 Å². The fourth-order valence-corrected chi connectivity index (χ4v) is 1.76. The number of H-pyrrole nitrogens is 1. The summed E-state index contributed by atoms with van der Waals surface area (Å²) in [6.07, 6.45) is 6.99. The topological polar surface area (TPSA) is 62.0 Å². The van der Waals surface area contributed by atoms with Crippen molar-refractivity contribution in [2.75, 3.05) is 6.54 Å². The molecule has 3 nitrogen and oxygen atoms in total. The van der Waals surface area contributed by atoms with Crippen LogP contribution in [-0.4, -0.2) is 22.7 Å². The van der Waals surface area contributed by atoms with Crippen LogP contribution in [0, 0.1) is 0 Å². The Morgan fingerprint density at radius 1 is 1.62 bits per heavy atom. The molecule has 0 aromatic carbocycles. The summed E-state index contributed by atoms with van der Waals surface area (Å²) in [5.74, 6) is 0. The molecule has 1 aliphatic rings. The van der Waals surface area contributed by atoms with Crippen molar-refractivity contribution in [2.45, 2.75) is 18.9 Å². The van der Waals surface area contributed by atoms with E-state index >= 15 is 0 Å². The third kappa shape index (κ3) is 1.53. The van der Waals surface area contributed by atoms with Gasteiger partial charge in [-0.05, 0) is 30.2 Å². The van der Waals surface area contributed by atoms with E-state index in [4.69, 9.17) is 5.73 Å². The van der Waals surface area contributed by atoms with Gasteiger partial charge in [0.2, 0.25) is 0 Å². The minimum Gasteiger partial charge on any atom is -0.389 e. The lowest BCUT2D eigenvalue weighted by Gasteiger charge is -2.12. The number of nitrogens with one attached hydrogen (secondary N) is 1. The van der Waals surface area contributed by atoms with E-state index < -0.39 is 0 Å². The fraction of sp³-hybridized carbons (Fsp3) is 0.400. The van der Waals surface area contributed by atoms with E-state index in [1.807, 2.05) is 18.3 Å². The molecule has 0 radical (unpaired) electrons. The van der Waals surface area contributed by atoms with Crippen LogP contribution in [0.25, 0.3) is 6.08 Å². The summed E-state index contributed by atoms with van der Waals surface area (Å²) in [6.45, 7) is 0.657. The molecule has 2 rings (SSSR count). The average Bonchev–Trinajstić information content (AvgIpc) is 2.49. The van der Waals surface area contributed by atoms with Gasteiger partial charge in [-0.15, -0.1) is 0 Å². The van der Waals surface area contributed by atoms with Gasteiger partial charge in [-0.3, -0.25) is 0 Å². The van der Waals surface area contributed by atoms with Gasteiger partial charge in [-0.1, -0.05) is 6.08 Å². The van der Waals surface area contributed by atoms with Crippen LogP contribution in [0.1, 0.15) is 16.8 Å². The number of hydrogen-bond acceptors (Lipinski definition) is 2. The van der Waals surface area contributed by atoms with Crippen molar-refractivity contribution in [3.63, 3.8) is 0 Å². The number of aromatic amines is 1. The highest BCUT2D eigenvalue weighted by Crippen LogP contribution is 2.22. The van der Waals surface area contributed by atoms with E-state index in [9.17, 15) is 5.11 Å². The largest absolute Gasteiger partial charge is 0.389 e. The summed E-state index contributed by atoms with van der Waals surface area (Å²) in [7, 11) is 0. The zero-order valence-corrected chi connectivity index (χ0v) is 7.46. The van der Waals surface area contributed by atoms with Crippen LogP contribution in [0.15, 0.2) is 12.3 Å². The highest BCUT2D eigenvalue weighted by Gasteiger charge is 2.15. The lowest BCUT2D eigenvalue weighted by atomic mass is 9.97. The Labute approximate surface area is 77.3 Å². The lowest BCUT2D eigenvalue weighted by Crippen LogP contribution is -2.13. The van der Waals surface area contributed by atoms with Crippen LogP contribution in [-0.2, 0) is 12.8 Å². The predicted molar refractivity (Wildman–Crippen MR) is 52.3 cm³/mol. The minimum absolute atomic E-state index is 0.333. The lowest BCUT2D eigenvalue weighted by molar-refractivity contribution is 0.223. The first-order valence-corrected chi connectivity index (χ1v) is 4.56. The maximum atomic E-state index is 9.44. The van der Waals surface area contributed by atoms with Crippen molar-refractivity contribution in [3.8, 4) is 0 Å². The molecule has 0 saturated heterocycles. The van der Waals surface area contributed by atoms with Crippen molar-refractivity contribution >= 4 is 6.08 Å². The molecule has 0 bridgehead atoms. The maximum Gasteiger partial charge on any atom is 0.0765 e. The van der Waals surface area contributed by atoms with Crippen LogP contribution in [0.4, 0.5) is 0 Å². The van der Waals surface area contributed by atoms with Gasteiger partial charge in [-0.2, -0.15) is 0 Å². The van der Waals surface area contributed by atoms with Crippen LogP contribution in [0.3, 0.4) is 0 Å². The molecular weight excluding hydrogens is 164 g/mol. The number of nitrogens with two attached hydrogens (primary N) is 1. The van der Waals surface area contributed by atoms with Crippen molar-refractivity contribution in [1.82, 2.24) is 4.98 Å². The molecule has 1 aliphatic carbocycles. The standard InChI is InChI=1S/C10H14N2O/c11-4-3-7-6-12-10-2-1-8(13)5-9(7)10/h1-2,6,8,12-13H,3-5,11H2. The zero-order valence-electron chi connectivity index (χ0n) is 7.46. The highest BCUT2D eigenvalue weighted by atomic mass is 16.3. The van der Waals surface area contributed by atoms with E-state index in [0.717, 1.165) is 12.1 Å². The van der Waals surface area contributed by atoms with Gasteiger partial charge in [0, 0.05) is 18.3 Å². The fourth-order valence-electron chi connectivity index (χ4n) is 1.76. The van der Waals surface area contributed by atoms with E-state index in [-0.39, 0.29) is 6.10 Å². The number of fused-ring (bicyclic) bond motifs is 1. The van der Waals surface area contributed by atoms with E-state index in [2.05, 4.69) is 4.98 Å². The minimum atomic E-state index is -0.333. The second-order valence-corrected chi connectivity index (χ2v) is 3.38. The Bertz CT molecular complexity index is 328. The molecule has 70 valence electrons. The van der Waals surface area contributed by atoms with Crippen LogP contribution < -0.4 is 5.73 Å². The number of aliphatic hydroxyl groups is 1. The van der Waals surface area contributed by atoms with E-state index in [1.54, 1.807) is 0 Å².